The fraction of sp³-hybridized carbons (Fsp3) is 0.846. The van der Waals surface area contributed by atoms with E-state index < -0.39 is 28.0 Å². The van der Waals surface area contributed by atoms with Gasteiger partial charge in [-0.3, -0.25) is 4.18 Å². The predicted octanol–water partition coefficient (Wildman–Crippen LogP) is 2.02. The standard InChI is InChI=1S/C12H23NO5S.CH2O3/c1-12(2,3)17-11(14)13-9-5-7-10(8-6-9)18-19(4,15)16;2-1(3)4/h9-10H,5-8H2,1-4H3,(H,13,14);(H2,2,3,4)/t9-,10+;. The van der Waals surface area contributed by atoms with Gasteiger partial charge in [-0.25, -0.2) is 9.59 Å². The highest BCUT2D eigenvalue weighted by Crippen LogP contribution is 2.22. The van der Waals surface area contributed by atoms with E-state index in [0.717, 1.165) is 6.26 Å². The molecule has 1 rings (SSSR count). The van der Waals surface area contributed by atoms with Crippen LogP contribution in [-0.4, -0.2) is 54.9 Å². The number of alkyl carbamates (subject to hydrolysis) is 1. The maximum atomic E-state index is 11.6. The summed E-state index contributed by atoms with van der Waals surface area (Å²) in [7, 11) is -3.40. The van der Waals surface area contributed by atoms with E-state index in [0.29, 0.717) is 25.7 Å². The van der Waals surface area contributed by atoms with E-state index in [9.17, 15) is 13.2 Å². The van der Waals surface area contributed by atoms with Crippen molar-refractivity contribution in [3.05, 3.63) is 0 Å². The normalized spacial score (nSPS) is 21.6. The Hall–Kier alpha value is -1.55. The zero-order valence-corrected chi connectivity index (χ0v) is 14.6. The number of carboxylic acid groups (broad SMARTS) is 2. The van der Waals surface area contributed by atoms with E-state index in [1.165, 1.54) is 0 Å². The van der Waals surface area contributed by atoms with Gasteiger partial charge < -0.3 is 20.3 Å². The van der Waals surface area contributed by atoms with Gasteiger partial charge in [0.15, 0.2) is 0 Å². The second-order valence-electron chi connectivity index (χ2n) is 6.20. The van der Waals surface area contributed by atoms with Gasteiger partial charge in [-0.2, -0.15) is 8.42 Å². The lowest BCUT2D eigenvalue weighted by molar-refractivity contribution is 0.0472. The monoisotopic (exact) mass is 355 g/mol. The van der Waals surface area contributed by atoms with Crippen LogP contribution >= 0.6 is 0 Å². The van der Waals surface area contributed by atoms with E-state index in [-0.39, 0.29) is 12.1 Å². The zero-order chi connectivity index (χ0) is 18.3. The maximum absolute atomic E-state index is 11.6. The van der Waals surface area contributed by atoms with Gasteiger partial charge >= 0.3 is 12.2 Å². The van der Waals surface area contributed by atoms with Gasteiger partial charge in [0, 0.05) is 6.04 Å². The van der Waals surface area contributed by atoms with Crippen molar-refractivity contribution in [3.63, 3.8) is 0 Å². The topological polar surface area (TPSA) is 139 Å². The van der Waals surface area contributed by atoms with Crippen LogP contribution in [0.4, 0.5) is 9.59 Å². The van der Waals surface area contributed by atoms with Crippen LogP contribution in [0.25, 0.3) is 0 Å². The van der Waals surface area contributed by atoms with Crippen LogP contribution in [0.2, 0.25) is 0 Å². The molecule has 0 aliphatic heterocycles. The van der Waals surface area contributed by atoms with Crippen LogP contribution in [0.1, 0.15) is 46.5 Å². The van der Waals surface area contributed by atoms with Crippen molar-refractivity contribution in [2.75, 3.05) is 6.26 Å². The smallest absolute Gasteiger partial charge is 0.450 e. The molecule has 0 unspecified atom stereocenters. The van der Waals surface area contributed by atoms with Crippen molar-refractivity contribution in [1.29, 1.82) is 0 Å². The van der Waals surface area contributed by atoms with Gasteiger partial charge in [-0.1, -0.05) is 0 Å². The molecule has 9 nitrogen and oxygen atoms in total. The van der Waals surface area contributed by atoms with Crippen molar-refractivity contribution in [2.24, 2.45) is 0 Å². The Morgan fingerprint density at radius 1 is 1.09 bits per heavy atom. The van der Waals surface area contributed by atoms with E-state index in [4.69, 9.17) is 23.9 Å². The molecule has 1 saturated carbocycles. The third kappa shape index (κ3) is 13.8. The molecule has 0 aromatic carbocycles. The summed E-state index contributed by atoms with van der Waals surface area (Å²) in [6, 6.07) is 0.0225. The molecule has 23 heavy (non-hydrogen) atoms. The molecule has 10 heteroatoms. The minimum Gasteiger partial charge on any atom is -0.450 e. The molecule has 0 atom stereocenters. The maximum Gasteiger partial charge on any atom is 0.503 e. The molecular weight excluding hydrogens is 330 g/mol. The molecule has 0 bridgehead atoms. The Labute approximate surface area is 136 Å². The lowest BCUT2D eigenvalue weighted by Crippen LogP contribution is -2.42. The number of hydrogen-bond acceptors (Lipinski definition) is 6. The van der Waals surface area contributed by atoms with Crippen LogP contribution in [0.5, 0.6) is 0 Å². The van der Waals surface area contributed by atoms with Crippen LogP contribution in [0.3, 0.4) is 0 Å². The molecule has 136 valence electrons. The lowest BCUT2D eigenvalue weighted by atomic mass is 9.93. The second kappa shape index (κ2) is 8.92. The first-order chi connectivity index (χ1) is 10.3. The first kappa shape index (κ1) is 21.4. The summed E-state index contributed by atoms with van der Waals surface area (Å²) in [4.78, 5) is 20.1. The fourth-order valence-corrected chi connectivity index (χ4v) is 2.71. The number of nitrogens with one attached hydrogen (secondary N) is 1. The number of amides is 1. The van der Waals surface area contributed by atoms with Gasteiger partial charge in [0.25, 0.3) is 10.1 Å². The average molecular weight is 355 g/mol. The van der Waals surface area contributed by atoms with Crippen LogP contribution in [-0.2, 0) is 19.0 Å². The summed E-state index contributed by atoms with van der Waals surface area (Å²) in [5.74, 6) is 0. The first-order valence-corrected chi connectivity index (χ1v) is 8.90. The minimum absolute atomic E-state index is 0.0225. The average Bonchev–Trinajstić information content (AvgIpc) is 2.26. The molecule has 0 heterocycles. The van der Waals surface area contributed by atoms with E-state index >= 15 is 0 Å². The van der Waals surface area contributed by atoms with E-state index in [1.807, 2.05) is 20.8 Å². The Morgan fingerprint density at radius 2 is 1.52 bits per heavy atom. The number of rotatable bonds is 3. The summed E-state index contributed by atoms with van der Waals surface area (Å²) in [5.41, 5.74) is -0.513. The summed E-state index contributed by atoms with van der Waals surface area (Å²) in [6.07, 6.45) is 1.14. The van der Waals surface area contributed by atoms with Crippen molar-refractivity contribution in [1.82, 2.24) is 5.32 Å². The van der Waals surface area contributed by atoms with E-state index in [2.05, 4.69) is 5.32 Å². The van der Waals surface area contributed by atoms with Gasteiger partial charge in [-0.05, 0) is 46.5 Å². The summed E-state index contributed by atoms with van der Waals surface area (Å²) in [5, 5.41) is 16.7. The number of hydrogen-bond donors (Lipinski definition) is 3. The summed E-state index contributed by atoms with van der Waals surface area (Å²) >= 11 is 0. The Bertz CT molecular complexity index is 485. The SMILES string of the molecule is CC(C)(C)OC(=O)N[C@H]1CC[C@@H](OS(C)(=O)=O)CC1.O=C(O)O. The second-order valence-corrected chi connectivity index (χ2v) is 7.80. The van der Waals surface area contributed by atoms with Gasteiger partial charge in [0.05, 0.1) is 12.4 Å². The fourth-order valence-electron chi connectivity index (χ4n) is 2.02. The van der Waals surface area contributed by atoms with Gasteiger partial charge in [-0.15, -0.1) is 0 Å². The predicted molar refractivity (Wildman–Crippen MR) is 82.0 cm³/mol. The van der Waals surface area contributed by atoms with Crippen LogP contribution < -0.4 is 5.32 Å². The molecule has 0 saturated heterocycles. The molecule has 0 spiro atoms. The molecule has 1 amide bonds. The third-order valence-corrected chi connectivity index (χ3v) is 3.33. The van der Waals surface area contributed by atoms with Gasteiger partial charge in [0.2, 0.25) is 0 Å². The van der Waals surface area contributed by atoms with Crippen molar-refractivity contribution in [3.8, 4) is 0 Å². The quantitative estimate of drug-likeness (QED) is 0.653. The van der Waals surface area contributed by atoms with Crippen molar-refractivity contribution >= 4 is 22.4 Å². The molecule has 0 radical (unpaired) electrons. The largest absolute Gasteiger partial charge is 0.503 e. The summed E-state index contributed by atoms with van der Waals surface area (Å²) in [6.45, 7) is 5.43. The van der Waals surface area contributed by atoms with Crippen molar-refractivity contribution < 1.29 is 37.1 Å². The third-order valence-electron chi connectivity index (χ3n) is 2.71. The highest BCUT2D eigenvalue weighted by molar-refractivity contribution is 7.86. The van der Waals surface area contributed by atoms with Crippen molar-refractivity contribution in [2.45, 2.75) is 64.2 Å². The zero-order valence-electron chi connectivity index (χ0n) is 13.7. The Kier molecular flexibility index (Phi) is 8.32. The molecular formula is C13H25NO8S. The van der Waals surface area contributed by atoms with Crippen LogP contribution in [0, 0.1) is 0 Å². The molecule has 1 aliphatic rings. The van der Waals surface area contributed by atoms with E-state index in [1.54, 1.807) is 0 Å². The number of carbonyl (C=O) groups excluding carboxylic acids is 1. The minimum atomic E-state index is -3.40. The molecule has 0 aromatic rings. The molecule has 0 aromatic heterocycles. The Morgan fingerprint density at radius 3 is 1.87 bits per heavy atom. The lowest BCUT2D eigenvalue weighted by Gasteiger charge is -2.29. The highest BCUT2D eigenvalue weighted by Gasteiger charge is 2.26. The molecule has 3 N–H and O–H groups in total. The van der Waals surface area contributed by atoms with Gasteiger partial charge in [0.1, 0.15) is 5.60 Å². The molecule has 1 aliphatic carbocycles. The number of carbonyl (C=O) groups is 2. The highest BCUT2D eigenvalue weighted by atomic mass is 32.2. The Balaban J connectivity index is 0.00000108. The van der Waals surface area contributed by atoms with Crippen LogP contribution in [0.15, 0.2) is 0 Å². The molecule has 1 fully saturated rings. The first-order valence-electron chi connectivity index (χ1n) is 7.08. The summed E-state index contributed by atoms with van der Waals surface area (Å²) < 4.78 is 32.1. The number of ether oxygens (including phenoxy) is 1.